The fourth-order valence-electron chi connectivity index (χ4n) is 4.42. The minimum atomic E-state index is -1.06. The lowest BCUT2D eigenvalue weighted by Gasteiger charge is -2.17. The van der Waals surface area contributed by atoms with Gasteiger partial charge < -0.3 is 19.8 Å². The molecule has 200 valence electrons. The van der Waals surface area contributed by atoms with E-state index in [-0.39, 0.29) is 18.8 Å². The van der Waals surface area contributed by atoms with Gasteiger partial charge in [0.25, 0.3) is 0 Å². The Hall–Kier alpha value is -5.17. The number of hydrogen-bond donors (Lipinski definition) is 2. The van der Waals surface area contributed by atoms with Crippen molar-refractivity contribution in [2.24, 2.45) is 0 Å². The zero-order chi connectivity index (χ0) is 27.7. The van der Waals surface area contributed by atoms with Crippen molar-refractivity contribution < 1.29 is 23.9 Å². The number of carbonyl (C=O) groups is 3. The van der Waals surface area contributed by atoms with E-state index in [1.54, 1.807) is 18.3 Å². The Morgan fingerprint density at radius 2 is 1.38 bits per heavy atom. The molecule has 0 aliphatic carbocycles. The summed E-state index contributed by atoms with van der Waals surface area (Å²) in [6.45, 7) is -0.395. The number of hydrogen-bond acceptors (Lipinski definition) is 5. The molecular weight excluding hydrogens is 504 g/mol. The van der Waals surface area contributed by atoms with Crippen LogP contribution >= 0.6 is 0 Å². The molecule has 0 saturated heterocycles. The lowest BCUT2D eigenvalue weighted by molar-refractivity contribution is -0.144. The normalized spacial score (nSPS) is 11.5. The van der Waals surface area contributed by atoms with Crippen LogP contribution < -0.4 is 5.32 Å². The van der Waals surface area contributed by atoms with Gasteiger partial charge in [-0.1, -0.05) is 103 Å². The highest BCUT2D eigenvalue weighted by molar-refractivity contribution is 5.98. The average Bonchev–Trinajstić information content (AvgIpc) is 3.42. The minimum Gasteiger partial charge on any atom is -0.456 e. The molecule has 0 bridgehead atoms. The number of benzene rings is 4. The van der Waals surface area contributed by atoms with Crippen molar-refractivity contribution in [3.63, 3.8) is 0 Å². The molecule has 7 nitrogen and oxygen atoms in total. The number of fused-ring (bicyclic) bond motifs is 1. The lowest BCUT2D eigenvalue weighted by Crippen LogP contribution is -2.44. The number of aromatic nitrogens is 1. The van der Waals surface area contributed by atoms with Crippen LogP contribution in [0.1, 0.15) is 21.5 Å². The van der Waals surface area contributed by atoms with Crippen LogP contribution in [-0.2, 0) is 27.3 Å². The molecule has 1 atom stereocenters. The minimum absolute atomic E-state index is 0.0546. The molecule has 5 aromatic rings. The summed E-state index contributed by atoms with van der Waals surface area (Å²) < 4.78 is 10.7. The average molecular weight is 533 g/mol. The Morgan fingerprint density at radius 1 is 0.725 bits per heavy atom. The molecule has 1 amide bonds. The van der Waals surface area contributed by atoms with Gasteiger partial charge in [0.1, 0.15) is 12.6 Å². The lowest BCUT2D eigenvalue weighted by atomic mass is 10.0. The fourth-order valence-corrected chi connectivity index (χ4v) is 4.42. The van der Waals surface area contributed by atoms with Crippen LogP contribution in [0.25, 0.3) is 22.0 Å². The molecule has 2 N–H and O–H groups in total. The molecule has 0 aliphatic rings. The summed E-state index contributed by atoms with van der Waals surface area (Å²) >= 11 is 0. The zero-order valence-corrected chi connectivity index (χ0v) is 21.7. The standard InChI is InChI=1S/C33H28N2O5/c36-31(26-17-15-25(16-18-26)24-11-5-2-6-12-24)22-39-32(37)30(19-27-20-34-29-14-8-7-13-28(27)29)35-33(38)40-21-23-9-3-1-4-10-23/h1-18,20,30,34H,19,21-22H2,(H,35,38)/t30-/m0/s1. The van der Waals surface area contributed by atoms with Gasteiger partial charge in [-0.25, -0.2) is 9.59 Å². The van der Waals surface area contributed by atoms with Gasteiger partial charge in [-0.05, 0) is 28.3 Å². The molecule has 0 saturated carbocycles. The van der Waals surface area contributed by atoms with E-state index in [1.807, 2.05) is 97.1 Å². The van der Waals surface area contributed by atoms with E-state index in [0.29, 0.717) is 5.56 Å². The van der Waals surface area contributed by atoms with Crippen LogP contribution in [0.2, 0.25) is 0 Å². The molecule has 0 aliphatic heterocycles. The summed E-state index contributed by atoms with van der Waals surface area (Å²) in [4.78, 5) is 41.7. The summed E-state index contributed by atoms with van der Waals surface area (Å²) in [5.74, 6) is -1.07. The number of carbonyl (C=O) groups excluding carboxylic acids is 3. The first kappa shape index (κ1) is 26.4. The second-order valence-corrected chi connectivity index (χ2v) is 9.30. The summed E-state index contributed by atoms with van der Waals surface area (Å²) in [6.07, 6.45) is 1.19. The number of H-pyrrole nitrogens is 1. The van der Waals surface area contributed by atoms with Gasteiger partial charge in [-0.3, -0.25) is 4.79 Å². The van der Waals surface area contributed by atoms with Crippen molar-refractivity contribution >= 4 is 28.7 Å². The number of nitrogens with one attached hydrogen (secondary N) is 2. The van der Waals surface area contributed by atoms with Gasteiger partial charge in [0.2, 0.25) is 0 Å². The fraction of sp³-hybridized carbons (Fsp3) is 0.121. The number of amides is 1. The van der Waals surface area contributed by atoms with E-state index in [9.17, 15) is 14.4 Å². The van der Waals surface area contributed by atoms with E-state index in [4.69, 9.17) is 9.47 Å². The Bertz CT molecular complexity index is 1590. The Morgan fingerprint density at radius 3 is 2.12 bits per heavy atom. The first-order chi connectivity index (χ1) is 19.6. The highest BCUT2D eigenvalue weighted by atomic mass is 16.6. The number of aromatic amines is 1. The van der Waals surface area contributed by atoms with Crippen molar-refractivity contribution in [1.29, 1.82) is 0 Å². The summed E-state index contributed by atoms with van der Waals surface area (Å²) in [5, 5.41) is 3.54. The molecule has 0 spiro atoms. The van der Waals surface area contributed by atoms with Gasteiger partial charge in [0.05, 0.1) is 0 Å². The van der Waals surface area contributed by atoms with Crippen LogP contribution in [0, 0.1) is 0 Å². The van der Waals surface area contributed by atoms with Crippen molar-refractivity contribution in [2.45, 2.75) is 19.1 Å². The summed E-state index contributed by atoms with van der Waals surface area (Å²) in [6, 6.07) is 32.8. The number of esters is 1. The Balaban J connectivity index is 1.24. The van der Waals surface area contributed by atoms with Crippen LogP contribution in [0.4, 0.5) is 4.79 Å². The molecule has 0 fully saturated rings. The van der Waals surface area contributed by atoms with E-state index in [1.165, 1.54) is 0 Å². The highest BCUT2D eigenvalue weighted by Crippen LogP contribution is 2.21. The second-order valence-electron chi connectivity index (χ2n) is 9.30. The number of rotatable bonds is 10. The molecule has 4 aromatic carbocycles. The number of Topliss-reactive ketones (excluding diaryl/α,β-unsaturated/α-hetero) is 1. The van der Waals surface area contributed by atoms with Gasteiger partial charge in [-0.15, -0.1) is 0 Å². The maximum Gasteiger partial charge on any atom is 0.408 e. The van der Waals surface area contributed by atoms with Crippen molar-refractivity contribution in [3.05, 3.63) is 132 Å². The molecule has 7 heteroatoms. The van der Waals surface area contributed by atoms with Crippen LogP contribution in [0.15, 0.2) is 115 Å². The molecule has 1 aromatic heterocycles. The van der Waals surface area contributed by atoms with Crippen LogP contribution in [0.3, 0.4) is 0 Å². The number of para-hydroxylation sites is 1. The first-order valence-corrected chi connectivity index (χ1v) is 12.9. The predicted molar refractivity (Wildman–Crippen MR) is 153 cm³/mol. The van der Waals surface area contributed by atoms with E-state index in [0.717, 1.165) is 33.2 Å². The Kier molecular flexibility index (Phi) is 8.32. The van der Waals surface area contributed by atoms with E-state index < -0.39 is 24.7 Å². The molecule has 0 radical (unpaired) electrons. The van der Waals surface area contributed by atoms with Crippen LogP contribution in [-0.4, -0.2) is 35.5 Å². The second kappa shape index (κ2) is 12.6. The van der Waals surface area contributed by atoms with Crippen molar-refractivity contribution in [2.75, 3.05) is 6.61 Å². The van der Waals surface area contributed by atoms with Crippen LogP contribution in [0.5, 0.6) is 0 Å². The SMILES string of the molecule is O=C(N[C@@H](Cc1c[nH]c2ccccc12)C(=O)OCC(=O)c1ccc(-c2ccccc2)cc1)OCc1ccccc1. The summed E-state index contributed by atoms with van der Waals surface area (Å²) in [7, 11) is 0. The topological polar surface area (TPSA) is 97.5 Å². The van der Waals surface area contributed by atoms with E-state index >= 15 is 0 Å². The molecule has 40 heavy (non-hydrogen) atoms. The number of alkyl carbamates (subject to hydrolysis) is 1. The largest absolute Gasteiger partial charge is 0.456 e. The maximum absolute atomic E-state index is 13.1. The third-order valence-electron chi connectivity index (χ3n) is 6.55. The van der Waals surface area contributed by atoms with Gasteiger partial charge in [-0.2, -0.15) is 0 Å². The highest BCUT2D eigenvalue weighted by Gasteiger charge is 2.26. The third-order valence-corrected chi connectivity index (χ3v) is 6.55. The smallest absolute Gasteiger partial charge is 0.408 e. The molecule has 0 unspecified atom stereocenters. The number of ketones is 1. The monoisotopic (exact) mass is 532 g/mol. The van der Waals surface area contributed by atoms with E-state index in [2.05, 4.69) is 10.3 Å². The van der Waals surface area contributed by atoms with Gasteiger partial charge >= 0.3 is 12.1 Å². The van der Waals surface area contributed by atoms with Crippen molar-refractivity contribution in [1.82, 2.24) is 10.3 Å². The molecule has 5 rings (SSSR count). The Labute approximate surface area is 231 Å². The maximum atomic E-state index is 13.1. The van der Waals surface area contributed by atoms with Crippen molar-refractivity contribution in [3.8, 4) is 11.1 Å². The summed E-state index contributed by atoms with van der Waals surface area (Å²) in [5.41, 5.74) is 4.99. The third kappa shape index (κ3) is 6.63. The quantitative estimate of drug-likeness (QED) is 0.167. The predicted octanol–water partition coefficient (Wildman–Crippen LogP) is 6.10. The first-order valence-electron chi connectivity index (χ1n) is 12.9. The van der Waals surface area contributed by atoms with Gasteiger partial charge in [0, 0.05) is 29.1 Å². The zero-order valence-electron chi connectivity index (χ0n) is 21.7. The van der Waals surface area contributed by atoms with Gasteiger partial charge in [0.15, 0.2) is 12.4 Å². The number of ether oxygens (including phenoxy) is 2. The molecular formula is C33H28N2O5. The molecule has 1 heterocycles.